The molecule has 3 aliphatic rings. The summed E-state index contributed by atoms with van der Waals surface area (Å²) in [5.74, 6) is 2.26. The standard InChI is InChI=1S/C27H31N9O/c1-5-20(12-28)11-22(29-4)36-16-27(7-6-8-27)23-24(32-17-33-25(23)36)34-14-19(3)35(15-18(34)2)26(37)21-13-30-9-10-31-21/h5,9-11,13,17-19H,4,6-8,14-16H2,1-3H3/b20-5+,22-11+/t18-,19+/m0/s1. The summed E-state index contributed by atoms with van der Waals surface area (Å²) in [7, 11) is 0. The fraction of sp³-hybridized carbons (Fsp3) is 0.444. The van der Waals surface area contributed by atoms with Gasteiger partial charge < -0.3 is 14.7 Å². The van der Waals surface area contributed by atoms with Gasteiger partial charge in [0.25, 0.3) is 5.91 Å². The summed E-state index contributed by atoms with van der Waals surface area (Å²) in [5.41, 5.74) is 1.96. The number of hydrogen-bond donors (Lipinski definition) is 0. The predicted molar refractivity (Wildman–Crippen MR) is 141 cm³/mol. The fourth-order valence-corrected chi connectivity index (χ4v) is 5.71. The van der Waals surface area contributed by atoms with Crippen molar-refractivity contribution >= 4 is 24.3 Å². The summed E-state index contributed by atoms with van der Waals surface area (Å²) in [6, 6.07) is 2.21. The molecule has 4 heterocycles. The lowest BCUT2D eigenvalue weighted by molar-refractivity contribution is 0.0637. The number of fused-ring (bicyclic) bond motifs is 2. The monoisotopic (exact) mass is 497 g/mol. The van der Waals surface area contributed by atoms with Crippen LogP contribution in [0.1, 0.15) is 56.1 Å². The van der Waals surface area contributed by atoms with Crippen molar-refractivity contribution < 1.29 is 4.79 Å². The van der Waals surface area contributed by atoms with Crippen molar-refractivity contribution in [1.29, 1.82) is 5.26 Å². The third kappa shape index (κ3) is 4.14. The number of rotatable bonds is 5. The minimum absolute atomic E-state index is 0.0376. The molecule has 1 aliphatic carbocycles. The Morgan fingerprint density at radius 1 is 1.19 bits per heavy atom. The lowest BCUT2D eigenvalue weighted by Crippen LogP contribution is -2.59. The number of nitriles is 1. The quantitative estimate of drug-likeness (QED) is 0.351. The second-order valence-corrected chi connectivity index (χ2v) is 10.0. The molecule has 0 N–H and O–H groups in total. The van der Waals surface area contributed by atoms with Crippen molar-refractivity contribution in [2.24, 2.45) is 4.99 Å². The highest BCUT2D eigenvalue weighted by Crippen LogP contribution is 2.55. The molecule has 0 bridgehead atoms. The van der Waals surface area contributed by atoms with E-state index in [1.807, 2.05) is 11.8 Å². The maximum Gasteiger partial charge on any atom is 0.274 e. The smallest absolute Gasteiger partial charge is 0.274 e. The van der Waals surface area contributed by atoms with Gasteiger partial charge in [0, 0.05) is 55.1 Å². The first-order valence-corrected chi connectivity index (χ1v) is 12.6. The first-order chi connectivity index (χ1) is 17.9. The van der Waals surface area contributed by atoms with E-state index in [0.717, 1.165) is 43.0 Å². The Bertz CT molecular complexity index is 1310. The molecule has 2 aliphatic heterocycles. The van der Waals surface area contributed by atoms with Crippen LogP contribution in [0.25, 0.3) is 0 Å². The molecule has 2 atom stereocenters. The Labute approximate surface area is 217 Å². The first-order valence-electron chi connectivity index (χ1n) is 12.6. The third-order valence-electron chi connectivity index (χ3n) is 7.83. The largest absolute Gasteiger partial charge is 0.350 e. The zero-order chi connectivity index (χ0) is 26.2. The van der Waals surface area contributed by atoms with E-state index in [1.54, 1.807) is 30.9 Å². The number of hydrogen-bond acceptors (Lipinski definition) is 9. The summed E-state index contributed by atoms with van der Waals surface area (Å²) in [6.07, 6.45) is 13.0. The molecule has 10 nitrogen and oxygen atoms in total. The highest BCUT2D eigenvalue weighted by atomic mass is 16.2. The van der Waals surface area contributed by atoms with Gasteiger partial charge in [-0.15, -0.1) is 0 Å². The number of nitrogens with zero attached hydrogens (tertiary/aromatic N) is 9. The molecule has 2 aromatic heterocycles. The maximum absolute atomic E-state index is 13.2. The van der Waals surface area contributed by atoms with E-state index in [-0.39, 0.29) is 23.4 Å². The Kier molecular flexibility index (Phi) is 6.46. The van der Waals surface area contributed by atoms with Gasteiger partial charge in [-0.1, -0.05) is 12.5 Å². The van der Waals surface area contributed by atoms with Crippen molar-refractivity contribution in [2.75, 3.05) is 29.4 Å². The van der Waals surface area contributed by atoms with Crippen LogP contribution in [0.4, 0.5) is 11.6 Å². The van der Waals surface area contributed by atoms with Gasteiger partial charge in [0.1, 0.15) is 29.5 Å². The Balaban J connectivity index is 1.49. The molecule has 1 saturated carbocycles. The van der Waals surface area contributed by atoms with Crippen LogP contribution in [-0.2, 0) is 5.41 Å². The fourth-order valence-electron chi connectivity index (χ4n) is 5.71. The normalized spacial score (nSPS) is 22.9. The van der Waals surface area contributed by atoms with Crippen LogP contribution in [-0.4, -0.2) is 69.2 Å². The zero-order valence-electron chi connectivity index (χ0n) is 21.5. The molecule has 5 rings (SSSR count). The van der Waals surface area contributed by atoms with Crippen LogP contribution in [0.15, 0.2) is 53.5 Å². The minimum Gasteiger partial charge on any atom is -0.350 e. The number of aliphatic imine (C=N–C) groups is 1. The highest BCUT2D eigenvalue weighted by molar-refractivity contribution is 5.92. The molecular weight excluding hydrogens is 466 g/mol. The Morgan fingerprint density at radius 3 is 2.59 bits per heavy atom. The molecule has 190 valence electrons. The van der Waals surface area contributed by atoms with Crippen LogP contribution >= 0.6 is 0 Å². The predicted octanol–water partition coefficient (Wildman–Crippen LogP) is 3.26. The summed E-state index contributed by atoms with van der Waals surface area (Å²) in [6.45, 7) is 11.7. The minimum atomic E-state index is -0.106. The molecule has 10 heteroatoms. The average molecular weight is 498 g/mol. The van der Waals surface area contributed by atoms with Gasteiger partial charge in [-0.05, 0) is 46.4 Å². The van der Waals surface area contributed by atoms with Gasteiger partial charge in [0.15, 0.2) is 0 Å². The summed E-state index contributed by atoms with van der Waals surface area (Å²) in [4.78, 5) is 41.5. The van der Waals surface area contributed by atoms with Crippen LogP contribution < -0.4 is 9.80 Å². The van der Waals surface area contributed by atoms with Crippen LogP contribution in [0, 0.1) is 11.3 Å². The van der Waals surface area contributed by atoms with E-state index in [4.69, 9.17) is 9.97 Å². The molecule has 2 fully saturated rings. The van der Waals surface area contributed by atoms with Gasteiger partial charge in [-0.25, -0.2) is 19.9 Å². The molecule has 1 saturated heterocycles. The van der Waals surface area contributed by atoms with Crippen LogP contribution in [0.5, 0.6) is 0 Å². The topological polar surface area (TPSA) is 114 Å². The van der Waals surface area contributed by atoms with Crippen molar-refractivity contribution in [3.05, 3.63) is 59.7 Å². The summed E-state index contributed by atoms with van der Waals surface area (Å²) in [5, 5.41) is 9.46. The molecule has 0 unspecified atom stereocenters. The zero-order valence-corrected chi connectivity index (χ0v) is 21.5. The molecular formula is C27H31N9O. The lowest BCUT2D eigenvalue weighted by atomic mass is 9.66. The van der Waals surface area contributed by atoms with E-state index in [1.165, 1.54) is 6.20 Å². The van der Waals surface area contributed by atoms with Crippen molar-refractivity contribution in [2.45, 2.75) is 57.5 Å². The molecule has 1 amide bonds. The number of anilines is 2. The van der Waals surface area contributed by atoms with E-state index < -0.39 is 0 Å². The number of amides is 1. The van der Waals surface area contributed by atoms with Gasteiger partial charge in [0.05, 0.1) is 17.8 Å². The van der Waals surface area contributed by atoms with Crippen LogP contribution in [0.2, 0.25) is 0 Å². The van der Waals surface area contributed by atoms with Crippen molar-refractivity contribution in [3.63, 3.8) is 0 Å². The van der Waals surface area contributed by atoms with Gasteiger partial charge in [0.2, 0.25) is 0 Å². The maximum atomic E-state index is 13.2. The molecule has 37 heavy (non-hydrogen) atoms. The van der Waals surface area contributed by atoms with E-state index >= 15 is 0 Å². The van der Waals surface area contributed by atoms with Gasteiger partial charge in [-0.3, -0.25) is 9.78 Å². The molecule has 1 spiro atoms. The SMILES string of the molecule is C=N/C(=C\C(C#N)=C/C)N1CC2(CCC2)c2c1ncnc2N1C[C@@H](C)N(C(=O)c2cnccn2)C[C@@H]1C. The second kappa shape index (κ2) is 9.73. The van der Waals surface area contributed by atoms with Gasteiger partial charge >= 0.3 is 0 Å². The molecule has 2 aromatic rings. The number of aromatic nitrogens is 4. The summed E-state index contributed by atoms with van der Waals surface area (Å²) >= 11 is 0. The van der Waals surface area contributed by atoms with E-state index in [2.05, 4.69) is 51.4 Å². The summed E-state index contributed by atoms with van der Waals surface area (Å²) < 4.78 is 0. The number of carbonyl (C=O) groups is 1. The highest BCUT2D eigenvalue weighted by Gasteiger charge is 2.52. The molecule has 0 radical (unpaired) electrons. The number of allylic oxidation sites excluding steroid dienone is 3. The average Bonchev–Trinajstić information content (AvgIpc) is 3.27. The van der Waals surface area contributed by atoms with Gasteiger partial charge in [-0.2, -0.15) is 5.26 Å². The molecule has 0 aromatic carbocycles. The first kappa shape index (κ1) is 24.6. The van der Waals surface area contributed by atoms with Crippen molar-refractivity contribution in [3.8, 4) is 6.07 Å². The Morgan fingerprint density at radius 2 is 1.97 bits per heavy atom. The number of piperazine rings is 1. The lowest BCUT2D eigenvalue weighted by Gasteiger charge is -2.46. The van der Waals surface area contributed by atoms with E-state index in [9.17, 15) is 10.1 Å². The van der Waals surface area contributed by atoms with Crippen molar-refractivity contribution in [1.82, 2.24) is 24.8 Å². The third-order valence-corrected chi connectivity index (χ3v) is 7.83. The van der Waals surface area contributed by atoms with E-state index in [0.29, 0.717) is 30.2 Å². The second-order valence-electron chi connectivity index (χ2n) is 10.0. The Hall–Kier alpha value is -4.13. The van der Waals surface area contributed by atoms with Crippen LogP contribution in [0.3, 0.4) is 0 Å². The number of carbonyl (C=O) groups excluding carboxylic acids is 1.